The topological polar surface area (TPSA) is 61.9 Å². The number of carbonyl (C=O) groups is 1. The highest BCUT2D eigenvalue weighted by Gasteiger charge is 2.26. The van der Waals surface area contributed by atoms with E-state index in [2.05, 4.69) is 12.0 Å². The van der Waals surface area contributed by atoms with Gasteiger partial charge in [0.15, 0.2) is 5.69 Å². The van der Waals surface area contributed by atoms with E-state index in [1.165, 1.54) is 22.9 Å². The minimum Gasteiger partial charge on any atom is -0.337 e. The van der Waals surface area contributed by atoms with E-state index in [-0.39, 0.29) is 28.8 Å². The lowest BCUT2D eigenvalue weighted by Gasteiger charge is -2.23. The SMILES string of the molecule is CCCCN(CC(C)C)C(=O)c1cc(-c2ccc(C#N)c(F)c2)n(-c2ccc(C3CC3)cc2F)n1. The lowest BCUT2D eigenvalue weighted by Crippen LogP contribution is -2.35. The molecule has 0 saturated heterocycles. The molecule has 4 rings (SSSR count). The van der Waals surface area contributed by atoms with Gasteiger partial charge in [-0.15, -0.1) is 0 Å². The molecule has 35 heavy (non-hydrogen) atoms. The molecule has 2 aromatic carbocycles. The lowest BCUT2D eigenvalue weighted by molar-refractivity contribution is 0.0727. The summed E-state index contributed by atoms with van der Waals surface area (Å²) in [4.78, 5) is 15.2. The first kappa shape index (κ1) is 24.6. The van der Waals surface area contributed by atoms with Crippen molar-refractivity contribution in [2.24, 2.45) is 5.92 Å². The van der Waals surface area contributed by atoms with E-state index in [0.29, 0.717) is 30.3 Å². The maximum atomic E-state index is 15.3. The Bertz CT molecular complexity index is 1270. The summed E-state index contributed by atoms with van der Waals surface area (Å²) in [5, 5.41) is 13.6. The number of unbranched alkanes of at least 4 members (excludes halogenated alkanes) is 1. The van der Waals surface area contributed by atoms with Crippen molar-refractivity contribution in [2.45, 2.75) is 52.4 Å². The molecule has 182 valence electrons. The van der Waals surface area contributed by atoms with Crippen LogP contribution in [0.5, 0.6) is 0 Å². The van der Waals surface area contributed by atoms with E-state index >= 15 is 4.39 Å². The van der Waals surface area contributed by atoms with E-state index < -0.39 is 11.6 Å². The zero-order valence-corrected chi connectivity index (χ0v) is 20.4. The van der Waals surface area contributed by atoms with Crippen molar-refractivity contribution in [3.05, 3.63) is 70.9 Å². The predicted molar refractivity (Wildman–Crippen MR) is 131 cm³/mol. The molecule has 1 saturated carbocycles. The lowest BCUT2D eigenvalue weighted by atomic mass is 10.1. The van der Waals surface area contributed by atoms with Gasteiger partial charge in [0.05, 0.1) is 11.3 Å². The molecule has 0 radical (unpaired) electrons. The van der Waals surface area contributed by atoms with Crippen molar-refractivity contribution in [3.8, 4) is 23.0 Å². The maximum Gasteiger partial charge on any atom is 0.274 e. The molecule has 5 nitrogen and oxygen atoms in total. The normalized spacial score (nSPS) is 13.2. The van der Waals surface area contributed by atoms with Gasteiger partial charge in [0, 0.05) is 18.7 Å². The summed E-state index contributed by atoms with van der Waals surface area (Å²) in [6.07, 6.45) is 3.92. The average Bonchev–Trinajstić information content (AvgIpc) is 3.59. The summed E-state index contributed by atoms with van der Waals surface area (Å²) < 4.78 is 31.1. The monoisotopic (exact) mass is 476 g/mol. The number of rotatable bonds is 9. The van der Waals surface area contributed by atoms with Gasteiger partial charge < -0.3 is 4.90 Å². The second-order valence-electron chi connectivity index (χ2n) is 9.62. The molecule has 7 heteroatoms. The molecule has 1 heterocycles. The molecule has 1 aliphatic carbocycles. The van der Waals surface area contributed by atoms with Crippen LogP contribution in [0, 0.1) is 28.9 Å². The molecule has 3 aromatic rings. The van der Waals surface area contributed by atoms with Crippen molar-refractivity contribution in [3.63, 3.8) is 0 Å². The van der Waals surface area contributed by atoms with Gasteiger partial charge in [-0.2, -0.15) is 10.4 Å². The zero-order chi connectivity index (χ0) is 25.1. The summed E-state index contributed by atoms with van der Waals surface area (Å²) in [6, 6.07) is 12.6. The van der Waals surface area contributed by atoms with E-state index in [4.69, 9.17) is 5.26 Å². The Hall–Kier alpha value is -3.53. The van der Waals surface area contributed by atoms with Gasteiger partial charge >= 0.3 is 0 Å². The fourth-order valence-electron chi connectivity index (χ4n) is 4.23. The Kier molecular flexibility index (Phi) is 7.30. The summed E-state index contributed by atoms with van der Waals surface area (Å²) in [7, 11) is 0. The summed E-state index contributed by atoms with van der Waals surface area (Å²) in [5.41, 5.74) is 2.02. The zero-order valence-electron chi connectivity index (χ0n) is 20.4. The Morgan fingerprint density at radius 1 is 1.17 bits per heavy atom. The molecule has 0 unspecified atom stereocenters. The van der Waals surface area contributed by atoms with Crippen LogP contribution in [0.25, 0.3) is 16.9 Å². The molecule has 0 spiro atoms. The molecule has 0 bridgehead atoms. The molecule has 0 atom stereocenters. The molecule has 1 aromatic heterocycles. The smallest absolute Gasteiger partial charge is 0.274 e. The van der Waals surface area contributed by atoms with Gasteiger partial charge in [-0.1, -0.05) is 39.3 Å². The van der Waals surface area contributed by atoms with Crippen LogP contribution in [0.4, 0.5) is 8.78 Å². The van der Waals surface area contributed by atoms with Crippen LogP contribution in [-0.4, -0.2) is 33.7 Å². The van der Waals surface area contributed by atoms with Crippen LogP contribution in [-0.2, 0) is 0 Å². The second kappa shape index (κ2) is 10.4. The Morgan fingerprint density at radius 2 is 1.94 bits per heavy atom. The molecule has 0 aliphatic heterocycles. The van der Waals surface area contributed by atoms with Crippen molar-refractivity contribution in [2.75, 3.05) is 13.1 Å². The fourth-order valence-corrected chi connectivity index (χ4v) is 4.23. The Balaban J connectivity index is 1.80. The van der Waals surface area contributed by atoms with Crippen LogP contribution in [0.2, 0.25) is 0 Å². The summed E-state index contributed by atoms with van der Waals surface area (Å²) >= 11 is 0. The number of hydrogen-bond acceptors (Lipinski definition) is 3. The molecule has 1 fully saturated rings. The van der Waals surface area contributed by atoms with Crippen molar-refractivity contribution in [1.82, 2.24) is 14.7 Å². The quantitative estimate of drug-likeness (QED) is 0.356. The number of carbonyl (C=O) groups excluding carboxylic acids is 1. The largest absolute Gasteiger partial charge is 0.337 e. The minimum atomic E-state index is -0.681. The highest BCUT2D eigenvalue weighted by atomic mass is 19.1. The van der Waals surface area contributed by atoms with Gasteiger partial charge in [-0.25, -0.2) is 13.5 Å². The van der Waals surface area contributed by atoms with Crippen LogP contribution < -0.4 is 0 Å². The van der Waals surface area contributed by atoms with E-state index in [1.807, 2.05) is 26.0 Å². The third-order valence-electron chi connectivity index (χ3n) is 6.22. The highest BCUT2D eigenvalue weighted by Crippen LogP contribution is 2.41. The number of aromatic nitrogens is 2. The number of benzene rings is 2. The average molecular weight is 477 g/mol. The van der Waals surface area contributed by atoms with Gasteiger partial charge in [0.2, 0.25) is 0 Å². The van der Waals surface area contributed by atoms with Crippen LogP contribution >= 0.6 is 0 Å². The molecule has 1 aliphatic rings. The van der Waals surface area contributed by atoms with E-state index in [9.17, 15) is 9.18 Å². The van der Waals surface area contributed by atoms with Crippen molar-refractivity contribution < 1.29 is 13.6 Å². The second-order valence-corrected chi connectivity index (χ2v) is 9.62. The van der Waals surface area contributed by atoms with Crippen molar-refractivity contribution >= 4 is 5.91 Å². The van der Waals surface area contributed by atoms with Crippen LogP contribution in [0.15, 0.2) is 42.5 Å². The highest BCUT2D eigenvalue weighted by molar-refractivity contribution is 5.93. The molecular formula is C28H30F2N4O. The summed E-state index contributed by atoms with van der Waals surface area (Å²) in [6.45, 7) is 7.35. The van der Waals surface area contributed by atoms with Crippen LogP contribution in [0.1, 0.15) is 74.0 Å². The number of nitrogens with zero attached hydrogens (tertiary/aromatic N) is 4. The van der Waals surface area contributed by atoms with Gasteiger partial charge in [0.25, 0.3) is 5.91 Å². The first-order valence-corrected chi connectivity index (χ1v) is 12.2. The third kappa shape index (κ3) is 5.43. The number of hydrogen-bond donors (Lipinski definition) is 0. The first-order chi connectivity index (χ1) is 16.8. The molecule has 1 amide bonds. The van der Waals surface area contributed by atoms with Gasteiger partial charge in [-0.3, -0.25) is 4.79 Å². The number of nitriles is 1. The van der Waals surface area contributed by atoms with Gasteiger partial charge in [-0.05, 0) is 67.0 Å². The predicted octanol–water partition coefficient (Wildman–Crippen LogP) is 6.46. The third-order valence-corrected chi connectivity index (χ3v) is 6.22. The fraction of sp³-hybridized carbons (Fsp3) is 0.393. The maximum absolute atomic E-state index is 15.3. The van der Waals surface area contributed by atoms with E-state index in [1.54, 1.807) is 23.1 Å². The number of halogens is 2. The van der Waals surface area contributed by atoms with Gasteiger partial charge in [0.1, 0.15) is 23.4 Å². The Labute approximate surface area is 205 Å². The summed E-state index contributed by atoms with van der Waals surface area (Å²) in [5.74, 6) is -0.700. The van der Waals surface area contributed by atoms with Crippen molar-refractivity contribution in [1.29, 1.82) is 5.26 Å². The standard InChI is InChI=1S/C28H30F2N4O/c1-4-5-12-33(17-18(2)3)28(35)25-15-27(21-8-9-22(16-31)23(29)14-21)34(32-25)26-11-10-20(13-24(26)30)19-6-7-19/h8-11,13-15,18-19H,4-7,12,17H2,1-3H3. The Morgan fingerprint density at radius 3 is 2.54 bits per heavy atom. The van der Waals surface area contributed by atoms with Crippen LogP contribution in [0.3, 0.4) is 0 Å². The number of amides is 1. The van der Waals surface area contributed by atoms with E-state index in [0.717, 1.165) is 31.2 Å². The molecular weight excluding hydrogens is 446 g/mol. The first-order valence-electron chi connectivity index (χ1n) is 12.2. The minimum absolute atomic E-state index is 0.0845. The molecule has 0 N–H and O–H groups in total.